The standard InChI is InChI=1S/C19H21ClN6OS/c1-4-10-28-17-21-15-14-16(23-17)25(11-12-6-8-13(20)9-7-12)19(27)26(14)18(22-15)24(3)5-2/h6-9H,4-5,10-11H2,1-3H3. The summed E-state index contributed by atoms with van der Waals surface area (Å²) in [4.78, 5) is 29.2. The fraction of sp³-hybridized carbons (Fsp3) is 0.368. The Hall–Kier alpha value is -2.32. The van der Waals surface area contributed by atoms with Gasteiger partial charge in [0, 0.05) is 24.4 Å². The Morgan fingerprint density at radius 2 is 1.89 bits per heavy atom. The number of nitrogens with zero attached hydrogens (tertiary/aromatic N) is 6. The molecular weight excluding hydrogens is 396 g/mol. The lowest BCUT2D eigenvalue weighted by atomic mass is 10.2. The number of benzene rings is 1. The number of thioether (sulfide) groups is 1. The first kappa shape index (κ1) is 19.0. The zero-order valence-electron chi connectivity index (χ0n) is 16.0. The predicted molar refractivity (Wildman–Crippen MR) is 114 cm³/mol. The minimum absolute atomic E-state index is 0.158. The topological polar surface area (TPSA) is 68.3 Å². The molecule has 146 valence electrons. The second kappa shape index (κ2) is 7.60. The largest absolute Gasteiger partial charge is 0.345 e. The molecule has 0 saturated heterocycles. The van der Waals surface area contributed by atoms with Crippen LogP contribution in [0.3, 0.4) is 0 Å². The SMILES string of the molecule is CCCSc1nc2nc(N(C)CC)n3c(=O)n(Cc4ccc(Cl)cc4)c(n1)c23. The summed E-state index contributed by atoms with van der Waals surface area (Å²) in [7, 11) is 1.92. The lowest BCUT2D eigenvalue weighted by molar-refractivity contribution is 0.749. The zero-order chi connectivity index (χ0) is 19.8. The van der Waals surface area contributed by atoms with Crippen molar-refractivity contribution < 1.29 is 0 Å². The van der Waals surface area contributed by atoms with Crippen molar-refractivity contribution in [2.45, 2.75) is 32.0 Å². The van der Waals surface area contributed by atoms with Crippen LogP contribution in [0.4, 0.5) is 5.95 Å². The third-order valence-electron chi connectivity index (χ3n) is 4.64. The van der Waals surface area contributed by atoms with E-state index in [2.05, 4.69) is 16.9 Å². The van der Waals surface area contributed by atoms with Crippen molar-refractivity contribution in [1.29, 1.82) is 0 Å². The predicted octanol–water partition coefficient (Wildman–Crippen LogP) is 3.54. The van der Waals surface area contributed by atoms with E-state index in [0.29, 0.717) is 39.5 Å². The van der Waals surface area contributed by atoms with E-state index >= 15 is 0 Å². The monoisotopic (exact) mass is 416 g/mol. The average Bonchev–Trinajstić information content (AvgIpc) is 3.21. The highest BCUT2D eigenvalue weighted by Crippen LogP contribution is 2.26. The Kier molecular flexibility index (Phi) is 5.16. The van der Waals surface area contributed by atoms with Gasteiger partial charge >= 0.3 is 5.69 Å². The van der Waals surface area contributed by atoms with E-state index in [4.69, 9.17) is 16.6 Å². The van der Waals surface area contributed by atoms with Crippen molar-refractivity contribution >= 4 is 46.1 Å². The van der Waals surface area contributed by atoms with Crippen LogP contribution in [0.1, 0.15) is 25.8 Å². The first-order valence-electron chi connectivity index (χ1n) is 9.24. The second-order valence-electron chi connectivity index (χ2n) is 6.61. The van der Waals surface area contributed by atoms with Crippen LogP contribution in [0.5, 0.6) is 0 Å². The Morgan fingerprint density at radius 1 is 1.14 bits per heavy atom. The van der Waals surface area contributed by atoms with Gasteiger partial charge in [-0.2, -0.15) is 4.98 Å². The van der Waals surface area contributed by atoms with E-state index in [9.17, 15) is 4.79 Å². The Balaban J connectivity index is 1.93. The molecule has 0 radical (unpaired) electrons. The van der Waals surface area contributed by atoms with Gasteiger partial charge in [-0.15, -0.1) is 0 Å². The van der Waals surface area contributed by atoms with Gasteiger partial charge in [0.25, 0.3) is 0 Å². The van der Waals surface area contributed by atoms with E-state index in [0.717, 1.165) is 24.3 Å². The van der Waals surface area contributed by atoms with Crippen molar-refractivity contribution in [3.8, 4) is 0 Å². The maximum Gasteiger partial charge on any atom is 0.337 e. The average molecular weight is 417 g/mol. The summed E-state index contributed by atoms with van der Waals surface area (Å²) in [5.74, 6) is 1.51. The van der Waals surface area contributed by atoms with Crippen molar-refractivity contribution in [2.75, 3.05) is 24.2 Å². The number of imidazole rings is 2. The van der Waals surface area contributed by atoms with Gasteiger partial charge in [0.1, 0.15) is 5.52 Å². The molecule has 0 N–H and O–H groups in total. The van der Waals surface area contributed by atoms with Crippen LogP contribution in [0.15, 0.2) is 34.2 Å². The molecule has 1 aromatic carbocycles. The molecule has 0 aliphatic heterocycles. The summed E-state index contributed by atoms with van der Waals surface area (Å²) < 4.78 is 3.32. The molecule has 0 unspecified atom stereocenters. The summed E-state index contributed by atoms with van der Waals surface area (Å²) in [6.45, 7) is 5.28. The Bertz CT molecular complexity index is 1170. The van der Waals surface area contributed by atoms with Crippen LogP contribution in [0.2, 0.25) is 5.02 Å². The Morgan fingerprint density at radius 3 is 2.57 bits per heavy atom. The summed E-state index contributed by atoms with van der Waals surface area (Å²) in [6.07, 6.45) is 1.02. The lowest BCUT2D eigenvalue weighted by Gasteiger charge is -2.12. The number of anilines is 1. The fourth-order valence-electron chi connectivity index (χ4n) is 3.09. The van der Waals surface area contributed by atoms with Crippen LogP contribution in [0, 0.1) is 0 Å². The van der Waals surface area contributed by atoms with Gasteiger partial charge in [-0.25, -0.2) is 19.2 Å². The molecule has 0 atom stereocenters. The van der Waals surface area contributed by atoms with Gasteiger partial charge in [-0.3, -0.25) is 4.57 Å². The van der Waals surface area contributed by atoms with Crippen molar-refractivity contribution in [2.24, 2.45) is 0 Å². The fourth-order valence-corrected chi connectivity index (χ4v) is 3.90. The first-order chi connectivity index (χ1) is 13.5. The van der Waals surface area contributed by atoms with E-state index < -0.39 is 0 Å². The maximum absolute atomic E-state index is 13.3. The second-order valence-corrected chi connectivity index (χ2v) is 8.11. The summed E-state index contributed by atoms with van der Waals surface area (Å²) >= 11 is 7.58. The molecule has 0 saturated carbocycles. The Labute approximate surface area is 171 Å². The molecule has 4 aromatic rings. The molecule has 9 heteroatoms. The van der Waals surface area contributed by atoms with E-state index in [1.165, 1.54) is 0 Å². The van der Waals surface area contributed by atoms with Gasteiger partial charge < -0.3 is 4.90 Å². The normalized spacial score (nSPS) is 11.7. The van der Waals surface area contributed by atoms with Crippen LogP contribution in [-0.4, -0.2) is 43.3 Å². The third-order valence-corrected chi connectivity index (χ3v) is 5.94. The van der Waals surface area contributed by atoms with Crippen molar-refractivity contribution in [3.63, 3.8) is 0 Å². The van der Waals surface area contributed by atoms with Gasteiger partial charge in [0.15, 0.2) is 16.5 Å². The highest BCUT2D eigenvalue weighted by Gasteiger charge is 2.24. The van der Waals surface area contributed by atoms with Crippen LogP contribution in [-0.2, 0) is 6.54 Å². The molecular formula is C19H21ClN6OS. The molecule has 0 fully saturated rings. The molecule has 0 aliphatic rings. The molecule has 3 aromatic heterocycles. The van der Waals surface area contributed by atoms with Crippen molar-refractivity contribution in [1.82, 2.24) is 23.9 Å². The lowest BCUT2D eigenvalue weighted by Crippen LogP contribution is -2.26. The van der Waals surface area contributed by atoms with Crippen LogP contribution in [0.25, 0.3) is 16.8 Å². The third kappa shape index (κ3) is 3.20. The first-order valence-corrected chi connectivity index (χ1v) is 10.6. The molecule has 0 amide bonds. The maximum atomic E-state index is 13.3. The number of hydrogen-bond acceptors (Lipinski definition) is 6. The summed E-state index contributed by atoms with van der Waals surface area (Å²) in [5.41, 5.74) is 2.68. The van der Waals surface area contributed by atoms with Gasteiger partial charge in [0.05, 0.1) is 6.54 Å². The summed E-state index contributed by atoms with van der Waals surface area (Å²) in [5, 5.41) is 1.32. The van der Waals surface area contributed by atoms with E-state index in [-0.39, 0.29) is 5.69 Å². The molecule has 0 spiro atoms. The number of rotatable bonds is 7. The smallest absolute Gasteiger partial charge is 0.337 e. The summed E-state index contributed by atoms with van der Waals surface area (Å²) in [6, 6.07) is 7.50. The minimum Gasteiger partial charge on any atom is -0.345 e. The minimum atomic E-state index is -0.158. The molecule has 0 aliphatic carbocycles. The molecule has 3 heterocycles. The molecule has 28 heavy (non-hydrogen) atoms. The quantitative estimate of drug-likeness (QED) is 0.339. The van der Waals surface area contributed by atoms with E-state index in [1.54, 1.807) is 20.7 Å². The molecule has 0 bridgehead atoms. The van der Waals surface area contributed by atoms with Crippen molar-refractivity contribution in [3.05, 3.63) is 45.3 Å². The van der Waals surface area contributed by atoms with Gasteiger partial charge in [-0.1, -0.05) is 42.4 Å². The van der Waals surface area contributed by atoms with Crippen LogP contribution >= 0.6 is 23.4 Å². The molecule has 4 rings (SSSR count). The zero-order valence-corrected chi connectivity index (χ0v) is 17.6. The molecule has 7 nitrogen and oxygen atoms in total. The highest BCUT2D eigenvalue weighted by atomic mass is 35.5. The number of halogens is 1. The number of hydrogen-bond donors (Lipinski definition) is 0. The van der Waals surface area contributed by atoms with Crippen LogP contribution < -0.4 is 10.6 Å². The van der Waals surface area contributed by atoms with Gasteiger partial charge in [-0.05, 0) is 31.0 Å². The highest BCUT2D eigenvalue weighted by molar-refractivity contribution is 7.99. The van der Waals surface area contributed by atoms with E-state index in [1.807, 2.05) is 43.1 Å². The van der Waals surface area contributed by atoms with Gasteiger partial charge in [0.2, 0.25) is 5.95 Å². The number of aromatic nitrogens is 5.